The first-order valence-electron chi connectivity index (χ1n) is 8.50. The topological polar surface area (TPSA) is 84.9 Å². The van der Waals surface area contributed by atoms with Crippen LogP contribution in [-0.4, -0.2) is 20.9 Å². The maximum Gasteiger partial charge on any atom is 0.306 e. The van der Waals surface area contributed by atoms with E-state index in [0.717, 1.165) is 25.7 Å². The number of thiazole rings is 1. The van der Waals surface area contributed by atoms with Gasteiger partial charge in [0.25, 0.3) is 5.56 Å². The number of hydrogen-bond donors (Lipinski definition) is 1. The van der Waals surface area contributed by atoms with Gasteiger partial charge in [-0.05, 0) is 31.5 Å². The number of aromatic nitrogens is 3. The van der Waals surface area contributed by atoms with Crippen molar-refractivity contribution in [1.29, 1.82) is 0 Å². The Bertz CT molecular complexity index is 1170. The molecule has 3 heterocycles. The minimum atomic E-state index is -0.337. The molecule has 4 aromatic rings. The van der Waals surface area contributed by atoms with E-state index in [0.29, 0.717) is 22.5 Å². The molecule has 0 fully saturated rings. The van der Waals surface area contributed by atoms with Crippen LogP contribution in [-0.2, 0) is 22.6 Å². The van der Waals surface area contributed by atoms with Crippen molar-refractivity contribution < 1.29 is 9.53 Å². The van der Waals surface area contributed by atoms with Crippen LogP contribution in [0.2, 0.25) is 0 Å². The van der Waals surface area contributed by atoms with Crippen LogP contribution in [0.4, 0.5) is 0 Å². The standard InChI is InChI=1S/C19H17N3O3S2/c1-10-11(2)26-19-17(10)18(24)21-14(22-19)9-25-16(23)8-7-15-20-12-5-3-4-6-13(12)27-15/h3-6H,7-9H2,1-2H3,(H,21,22,24). The molecule has 0 saturated heterocycles. The van der Waals surface area contributed by atoms with E-state index in [-0.39, 0.29) is 24.6 Å². The van der Waals surface area contributed by atoms with Gasteiger partial charge in [-0.3, -0.25) is 9.59 Å². The number of thiophene rings is 1. The van der Waals surface area contributed by atoms with E-state index in [9.17, 15) is 9.59 Å². The summed E-state index contributed by atoms with van der Waals surface area (Å²) in [4.78, 5) is 37.7. The van der Waals surface area contributed by atoms with E-state index in [1.54, 1.807) is 11.3 Å². The quantitative estimate of drug-likeness (QED) is 0.515. The van der Waals surface area contributed by atoms with E-state index in [1.165, 1.54) is 11.3 Å². The predicted molar refractivity (Wildman–Crippen MR) is 107 cm³/mol. The summed E-state index contributed by atoms with van der Waals surface area (Å²) in [5, 5.41) is 1.52. The second-order valence-electron chi connectivity index (χ2n) is 6.21. The summed E-state index contributed by atoms with van der Waals surface area (Å²) in [6.45, 7) is 3.83. The summed E-state index contributed by atoms with van der Waals surface area (Å²) in [5.74, 6) is 0.0256. The molecule has 27 heavy (non-hydrogen) atoms. The van der Waals surface area contributed by atoms with Gasteiger partial charge in [0.15, 0.2) is 0 Å². The third-order valence-corrected chi connectivity index (χ3v) is 6.54. The number of carbonyl (C=O) groups is 1. The van der Waals surface area contributed by atoms with Gasteiger partial charge in [-0.2, -0.15) is 0 Å². The lowest BCUT2D eigenvalue weighted by Crippen LogP contribution is -2.14. The number of ether oxygens (including phenoxy) is 1. The van der Waals surface area contributed by atoms with Gasteiger partial charge in [0.1, 0.15) is 17.3 Å². The molecule has 8 heteroatoms. The number of aromatic amines is 1. The Balaban J connectivity index is 1.39. The van der Waals surface area contributed by atoms with Crippen LogP contribution in [0.1, 0.15) is 27.7 Å². The molecule has 6 nitrogen and oxygen atoms in total. The summed E-state index contributed by atoms with van der Waals surface area (Å²) in [7, 11) is 0. The number of hydrogen-bond acceptors (Lipinski definition) is 7. The number of para-hydroxylation sites is 1. The zero-order chi connectivity index (χ0) is 19.0. The molecule has 138 valence electrons. The molecule has 0 bridgehead atoms. The Hall–Kier alpha value is -2.58. The number of nitrogens with one attached hydrogen (secondary N) is 1. The smallest absolute Gasteiger partial charge is 0.306 e. The van der Waals surface area contributed by atoms with Crippen molar-refractivity contribution in [2.45, 2.75) is 33.3 Å². The van der Waals surface area contributed by atoms with Crippen molar-refractivity contribution in [3.63, 3.8) is 0 Å². The highest BCUT2D eigenvalue weighted by molar-refractivity contribution is 7.19. The zero-order valence-corrected chi connectivity index (χ0v) is 16.5. The van der Waals surface area contributed by atoms with Gasteiger partial charge in [-0.1, -0.05) is 12.1 Å². The predicted octanol–water partition coefficient (Wildman–Crippen LogP) is 3.89. The monoisotopic (exact) mass is 399 g/mol. The molecule has 1 N–H and O–H groups in total. The van der Waals surface area contributed by atoms with Gasteiger partial charge in [-0.15, -0.1) is 22.7 Å². The fraction of sp³-hybridized carbons (Fsp3) is 0.263. The number of carbonyl (C=O) groups excluding carboxylic acids is 1. The van der Waals surface area contributed by atoms with Crippen molar-refractivity contribution in [3.05, 3.63) is 55.9 Å². The molecule has 0 atom stereocenters. The van der Waals surface area contributed by atoms with Crippen LogP contribution in [0.3, 0.4) is 0 Å². The number of nitrogens with zero attached hydrogens (tertiary/aromatic N) is 2. The number of rotatable bonds is 5. The van der Waals surface area contributed by atoms with Crippen LogP contribution in [0, 0.1) is 13.8 Å². The fourth-order valence-corrected chi connectivity index (χ4v) is 4.84. The van der Waals surface area contributed by atoms with Crippen molar-refractivity contribution in [2.24, 2.45) is 0 Å². The van der Waals surface area contributed by atoms with Gasteiger partial charge in [0.05, 0.1) is 27.0 Å². The lowest BCUT2D eigenvalue weighted by molar-refractivity contribution is -0.145. The number of fused-ring (bicyclic) bond motifs is 2. The molecule has 0 unspecified atom stereocenters. The molecular formula is C19H17N3O3S2. The molecule has 3 aromatic heterocycles. The highest BCUT2D eigenvalue weighted by Gasteiger charge is 2.13. The minimum absolute atomic E-state index is 0.0418. The summed E-state index contributed by atoms with van der Waals surface area (Å²) < 4.78 is 6.38. The van der Waals surface area contributed by atoms with Crippen LogP contribution in [0.5, 0.6) is 0 Å². The van der Waals surface area contributed by atoms with E-state index in [2.05, 4.69) is 15.0 Å². The first-order valence-corrected chi connectivity index (χ1v) is 10.1. The second-order valence-corrected chi connectivity index (χ2v) is 8.53. The van der Waals surface area contributed by atoms with E-state index in [1.807, 2.05) is 38.1 Å². The van der Waals surface area contributed by atoms with E-state index < -0.39 is 0 Å². The Morgan fingerprint density at radius 3 is 2.81 bits per heavy atom. The first kappa shape index (κ1) is 17.8. The van der Waals surface area contributed by atoms with Crippen LogP contribution in [0.25, 0.3) is 20.4 Å². The molecule has 1 aromatic carbocycles. The average Bonchev–Trinajstić information content (AvgIpc) is 3.19. The van der Waals surface area contributed by atoms with Gasteiger partial charge >= 0.3 is 5.97 Å². The number of H-pyrrole nitrogens is 1. The Labute approximate surface area is 162 Å². The van der Waals surface area contributed by atoms with Crippen LogP contribution >= 0.6 is 22.7 Å². The van der Waals surface area contributed by atoms with Crippen molar-refractivity contribution in [2.75, 3.05) is 0 Å². The Kier molecular flexibility index (Phi) is 4.75. The van der Waals surface area contributed by atoms with Crippen molar-refractivity contribution in [1.82, 2.24) is 15.0 Å². The van der Waals surface area contributed by atoms with Gasteiger partial charge in [0.2, 0.25) is 0 Å². The highest BCUT2D eigenvalue weighted by atomic mass is 32.1. The Morgan fingerprint density at radius 2 is 2.00 bits per heavy atom. The molecule has 0 aliphatic rings. The van der Waals surface area contributed by atoms with E-state index >= 15 is 0 Å². The summed E-state index contributed by atoms with van der Waals surface area (Å²) in [6.07, 6.45) is 0.772. The van der Waals surface area contributed by atoms with Gasteiger partial charge < -0.3 is 9.72 Å². The maximum atomic E-state index is 12.2. The molecule has 0 aliphatic carbocycles. The third kappa shape index (κ3) is 3.63. The zero-order valence-electron chi connectivity index (χ0n) is 14.9. The molecule has 0 saturated carbocycles. The molecular weight excluding hydrogens is 382 g/mol. The summed E-state index contributed by atoms with van der Waals surface area (Å²) >= 11 is 3.06. The van der Waals surface area contributed by atoms with Crippen LogP contribution in [0.15, 0.2) is 29.1 Å². The number of aryl methyl sites for hydroxylation is 3. The normalized spacial score (nSPS) is 11.3. The summed E-state index contributed by atoms with van der Waals surface area (Å²) in [5.41, 5.74) is 1.70. The fourth-order valence-electron chi connectivity index (χ4n) is 2.82. The SMILES string of the molecule is Cc1sc2nc(COC(=O)CCc3nc4ccccc4s3)[nH]c(=O)c2c1C. The molecule has 0 spiro atoms. The first-order chi connectivity index (χ1) is 13.0. The van der Waals surface area contributed by atoms with E-state index in [4.69, 9.17) is 4.74 Å². The summed E-state index contributed by atoms with van der Waals surface area (Å²) in [6, 6.07) is 7.89. The minimum Gasteiger partial charge on any atom is -0.458 e. The van der Waals surface area contributed by atoms with Crippen LogP contribution < -0.4 is 5.56 Å². The highest BCUT2D eigenvalue weighted by Crippen LogP contribution is 2.26. The molecule has 4 rings (SSSR count). The largest absolute Gasteiger partial charge is 0.458 e. The number of esters is 1. The Morgan fingerprint density at radius 1 is 1.19 bits per heavy atom. The second kappa shape index (κ2) is 7.21. The average molecular weight is 399 g/mol. The molecule has 0 amide bonds. The van der Waals surface area contributed by atoms with Crippen molar-refractivity contribution in [3.8, 4) is 0 Å². The van der Waals surface area contributed by atoms with Gasteiger partial charge in [0, 0.05) is 11.3 Å². The lowest BCUT2D eigenvalue weighted by atomic mass is 10.2. The third-order valence-electron chi connectivity index (χ3n) is 4.34. The molecule has 0 aliphatic heterocycles. The maximum absolute atomic E-state index is 12.2. The molecule has 0 radical (unpaired) electrons. The number of benzene rings is 1. The lowest BCUT2D eigenvalue weighted by Gasteiger charge is -2.04. The van der Waals surface area contributed by atoms with Gasteiger partial charge in [-0.25, -0.2) is 9.97 Å². The van der Waals surface area contributed by atoms with Crippen molar-refractivity contribution >= 4 is 49.1 Å².